The van der Waals surface area contributed by atoms with Crippen LogP contribution in [0.5, 0.6) is 0 Å². The van der Waals surface area contributed by atoms with E-state index in [0.717, 1.165) is 12.0 Å². The third-order valence-electron chi connectivity index (χ3n) is 4.57. The highest BCUT2D eigenvalue weighted by molar-refractivity contribution is 6.31. The molecular weight excluding hydrogens is 290 g/mol. The van der Waals surface area contributed by atoms with E-state index in [4.69, 9.17) is 11.6 Å². The number of rotatable bonds is 3. The first kappa shape index (κ1) is 14.1. The van der Waals surface area contributed by atoms with Crippen LogP contribution in [-0.2, 0) is 9.59 Å². The van der Waals surface area contributed by atoms with E-state index in [2.05, 4.69) is 5.32 Å². The van der Waals surface area contributed by atoms with Crippen LogP contribution < -0.4 is 5.32 Å². The van der Waals surface area contributed by atoms with E-state index in [1.165, 1.54) is 0 Å². The molecular formula is C16H16ClNO3. The first-order chi connectivity index (χ1) is 9.99. The number of aliphatic carboxylic acids is 1. The predicted octanol–water partition coefficient (Wildman–Crippen LogP) is 3.11. The molecule has 110 valence electrons. The fraction of sp³-hybridized carbons (Fsp3) is 0.375. The van der Waals surface area contributed by atoms with E-state index in [1.807, 2.05) is 19.1 Å². The first-order valence-corrected chi connectivity index (χ1v) is 7.34. The Morgan fingerprint density at radius 1 is 1.24 bits per heavy atom. The van der Waals surface area contributed by atoms with Gasteiger partial charge in [0.2, 0.25) is 5.91 Å². The monoisotopic (exact) mass is 305 g/mol. The molecule has 0 spiro atoms. The van der Waals surface area contributed by atoms with Crippen molar-refractivity contribution in [1.82, 2.24) is 0 Å². The van der Waals surface area contributed by atoms with Crippen LogP contribution in [0.1, 0.15) is 12.0 Å². The van der Waals surface area contributed by atoms with E-state index in [-0.39, 0.29) is 17.7 Å². The molecule has 0 saturated heterocycles. The summed E-state index contributed by atoms with van der Waals surface area (Å²) in [5.41, 5.74) is 1.43. The van der Waals surface area contributed by atoms with Gasteiger partial charge in [0.25, 0.3) is 0 Å². The topological polar surface area (TPSA) is 66.4 Å². The Hall–Kier alpha value is -1.81. The number of hydrogen-bond donors (Lipinski definition) is 2. The smallest absolute Gasteiger partial charge is 0.307 e. The largest absolute Gasteiger partial charge is 0.481 e. The fourth-order valence-corrected chi connectivity index (χ4v) is 3.65. The predicted molar refractivity (Wildman–Crippen MR) is 80.2 cm³/mol. The summed E-state index contributed by atoms with van der Waals surface area (Å²) in [4.78, 5) is 24.0. The first-order valence-electron chi connectivity index (χ1n) is 6.96. The lowest BCUT2D eigenvalue weighted by Crippen LogP contribution is -2.36. The second-order valence-corrected chi connectivity index (χ2v) is 6.15. The molecule has 4 nitrogen and oxygen atoms in total. The molecule has 1 fully saturated rings. The standard InChI is InChI=1S/C16H16ClNO3/c1-8-11(17)3-2-4-12(8)18-15(19)13-9-5-6-10(7-9)14(13)16(20)21/h2-6,9-10,13-14H,7H2,1H3,(H,18,19)(H,20,21)/t9-,10+,13+,14+/m1/s1. The van der Waals surface area contributed by atoms with Gasteiger partial charge in [0.1, 0.15) is 0 Å². The lowest BCUT2D eigenvalue weighted by atomic mass is 9.82. The van der Waals surface area contributed by atoms with Crippen LogP contribution in [0.25, 0.3) is 0 Å². The summed E-state index contributed by atoms with van der Waals surface area (Å²) in [6, 6.07) is 5.30. The molecule has 5 heteroatoms. The summed E-state index contributed by atoms with van der Waals surface area (Å²) in [7, 11) is 0. The summed E-state index contributed by atoms with van der Waals surface area (Å²) in [6.45, 7) is 1.83. The van der Waals surface area contributed by atoms with Gasteiger partial charge in [0, 0.05) is 10.7 Å². The van der Waals surface area contributed by atoms with Crippen molar-refractivity contribution in [3.63, 3.8) is 0 Å². The summed E-state index contributed by atoms with van der Waals surface area (Å²) >= 11 is 6.04. The van der Waals surface area contributed by atoms with Gasteiger partial charge in [0.05, 0.1) is 11.8 Å². The van der Waals surface area contributed by atoms with Crippen LogP contribution in [0, 0.1) is 30.6 Å². The van der Waals surface area contributed by atoms with Crippen LogP contribution in [0.3, 0.4) is 0 Å². The molecule has 2 aliphatic carbocycles. The van der Waals surface area contributed by atoms with Gasteiger partial charge in [-0.15, -0.1) is 0 Å². The maximum atomic E-state index is 12.5. The van der Waals surface area contributed by atoms with Crippen molar-refractivity contribution in [2.24, 2.45) is 23.7 Å². The minimum absolute atomic E-state index is 0.0237. The van der Waals surface area contributed by atoms with E-state index in [0.29, 0.717) is 10.7 Å². The van der Waals surface area contributed by atoms with Gasteiger partial charge >= 0.3 is 5.97 Å². The molecule has 0 heterocycles. The van der Waals surface area contributed by atoms with E-state index < -0.39 is 17.8 Å². The summed E-state index contributed by atoms with van der Waals surface area (Å²) in [5, 5.41) is 12.8. The number of benzene rings is 1. The fourth-order valence-electron chi connectivity index (χ4n) is 3.48. The number of carboxylic acid groups (broad SMARTS) is 1. The molecule has 2 aliphatic rings. The average Bonchev–Trinajstić information content (AvgIpc) is 3.04. The third kappa shape index (κ3) is 2.33. The van der Waals surface area contributed by atoms with Gasteiger partial charge in [-0.05, 0) is 42.9 Å². The van der Waals surface area contributed by atoms with Crippen molar-refractivity contribution in [2.75, 3.05) is 5.32 Å². The molecule has 4 atom stereocenters. The highest BCUT2D eigenvalue weighted by Gasteiger charge is 2.51. The second-order valence-electron chi connectivity index (χ2n) is 5.74. The Morgan fingerprint density at radius 3 is 2.57 bits per heavy atom. The van der Waals surface area contributed by atoms with E-state index >= 15 is 0 Å². The summed E-state index contributed by atoms with van der Waals surface area (Å²) < 4.78 is 0. The SMILES string of the molecule is Cc1c(Cl)cccc1NC(=O)[C@@H]1[C@@H](C(=O)O)[C@H]2C=C[C@@H]1C2. The van der Waals surface area contributed by atoms with Crippen molar-refractivity contribution in [1.29, 1.82) is 0 Å². The minimum atomic E-state index is -0.894. The number of nitrogens with one attached hydrogen (secondary N) is 1. The zero-order valence-electron chi connectivity index (χ0n) is 11.5. The van der Waals surface area contributed by atoms with Gasteiger partial charge < -0.3 is 10.4 Å². The van der Waals surface area contributed by atoms with Crippen molar-refractivity contribution < 1.29 is 14.7 Å². The summed E-state index contributed by atoms with van der Waals surface area (Å²) in [5.74, 6) is -2.26. The lowest BCUT2D eigenvalue weighted by molar-refractivity contribution is -0.146. The maximum absolute atomic E-state index is 12.5. The van der Waals surface area contributed by atoms with Crippen LogP contribution in [0.2, 0.25) is 5.02 Å². The van der Waals surface area contributed by atoms with Crippen molar-refractivity contribution >= 4 is 29.2 Å². The number of hydrogen-bond acceptors (Lipinski definition) is 2. The number of amides is 1. The molecule has 1 aromatic carbocycles. The zero-order chi connectivity index (χ0) is 15.1. The Balaban J connectivity index is 1.84. The number of carbonyl (C=O) groups excluding carboxylic acids is 1. The number of carboxylic acids is 1. The summed E-state index contributed by atoms with van der Waals surface area (Å²) in [6.07, 6.45) is 4.65. The molecule has 1 amide bonds. The number of allylic oxidation sites excluding steroid dienone is 2. The molecule has 0 unspecified atom stereocenters. The maximum Gasteiger partial charge on any atom is 0.307 e. The Bertz CT molecular complexity index is 640. The van der Waals surface area contributed by atoms with Crippen LogP contribution in [0.15, 0.2) is 30.4 Å². The van der Waals surface area contributed by atoms with Crippen molar-refractivity contribution in [3.8, 4) is 0 Å². The van der Waals surface area contributed by atoms with Gasteiger partial charge in [-0.2, -0.15) is 0 Å². The van der Waals surface area contributed by atoms with E-state index in [1.54, 1.807) is 18.2 Å². The van der Waals surface area contributed by atoms with Gasteiger partial charge in [-0.25, -0.2) is 0 Å². The van der Waals surface area contributed by atoms with Gasteiger partial charge in [0.15, 0.2) is 0 Å². The minimum Gasteiger partial charge on any atom is -0.481 e. The number of halogens is 1. The molecule has 1 aromatic rings. The molecule has 0 radical (unpaired) electrons. The number of anilines is 1. The van der Waals surface area contributed by atoms with Crippen LogP contribution >= 0.6 is 11.6 Å². The van der Waals surface area contributed by atoms with E-state index in [9.17, 15) is 14.7 Å². The molecule has 1 saturated carbocycles. The van der Waals surface area contributed by atoms with Gasteiger partial charge in [-0.3, -0.25) is 9.59 Å². The molecule has 0 aromatic heterocycles. The number of carbonyl (C=O) groups is 2. The second kappa shape index (κ2) is 5.19. The highest BCUT2D eigenvalue weighted by atomic mass is 35.5. The Labute approximate surface area is 127 Å². The molecule has 2 N–H and O–H groups in total. The molecule has 2 bridgehead atoms. The van der Waals surface area contributed by atoms with Crippen LogP contribution in [-0.4, -0.2) is 17.0 Å². The zero-order valence-corrected chi connectivity index (χ0v) is 12.3. The lowest BCUT2D eigenvalue weighted by Gasteiger charge is -2.24. The van der Waals surface area contributed by atoms with Crippen LogP contribution in [0.4, 0.5) is 5.69 Å². The highest BCUT2D eigenvalue weighted by Crippen LogP contribution is 2.48. The molecule has 21 heavy (non-hydrogen) atoms. The quantitative estimate of drug-likeness (QED) is 0.843. The average molecular weight is 306 g/mol. The Kier molecular flexibility index (Phi) is 3.49. The van der Waals surface area contributed by atoms with Gasteiger partial charge in [-0.1, -0.05) is 29.8 Å². The Morgan fingerprint density at radius 2 is 1.90 bits per heavy atom. The van der Waals surface area contributed by atoms with Crippen molar-refractivity contribution in [2.45, 2.75) is 13.3 Å². The number of fused-ring (bicyclic) bond motifs is 2. The third-order valence-corrected chi connectivity index (χ3v) is 4.98. The molecule has 0 aliphatic heterocycles. The normalized spacial score (nSPS) is 29.6. The molecule has 3 rings (SSSR count). The van der Waals surface area contributed by atoms with Crippen molar-refractivity contribution in [3.05, 3.63) is 40.9 Å².